The Kier molecular flexibility index (Phi) is 13.3. The molecular formula is C20H33IN6O. The molecule has 1 heterocycles. The highest BCUT2D eigenvalue weighted by atomic mass is 127. The van der Waals surface area contributed by atoms with Crippen molar-refractivity contribution in [2.75, 3.05) is 32.8 Å². The van der Waals surface area contributed by atoms with Gasteiger partial charge in [0.25, 0.3) is 0 Å². The van der Waals surface area contributed by atoms with E-state index in [0.29, 0.717) is 0 Å². The lowest BCUT2D eigenvalue weighted by molar-refractivity contribution is 0.136. The summed E-state index contributed by atoms with van der Waals surface area (Å²) in [5.74, 6) is 1.85. The van der Waals surface area contributed by atoms with Gasteiger partial charge < -0.3 is 19.9 Å². The summed E-state index contributed by atoms with van der Waals surface area (Å²) in [5, 5.41) is 14.7. The molecule has 0 aliphatic carbocycles. The number of nitrogens with zero attached hydrogens (tertiary/aromatic N) is 4. The maximum absolute atomic E-state index is 5.71. The van der Waals surface area contributed by atoms with Crippen LogP contribution in [0.5, 0.6) is 0 Å². The molecule has 0 aliphatic rings. The predicted molar refractivity (Wildman–Crippen MR) is 124 cm³/mol. The van der Waals surface area contributed by atoms with Gasteiger partial charge in [-0.3, -0.25) is 4.99 Å². The maximum atomic E-state index is 5.71. The summed E-state index contributed by atoms with van der Waals surface area (Å²) in [6.07, 6.45) is 4.53. The standard InChI is InChI=1S/C20H32N6O.HI/c1-3-19-25-24-17-26(19)14-13-23-20(21-4-2)22-12-8-15-27-16-11-18-9-6-5-7-10-18;/h5-7,9-10,17H,3-4,8,11-16H2,1-2H3,(H2,21,22,23);1H. The van der Waals surface area contributed by atoms with E-state index >= 15 is 0 Å². The number of aromatic nitrogens is 3. The number of guanidine groups is 1. The SMILES string of the molecule is CCNC(=NCCCOCCc1ccccc1)NCCn1cnnc1CC.I. The van der Waals surface area contributed by atoms with Crippen LogP contribution in [-0.2, 0) is 24.1 Å². The molecule has 0 radical (unpaired) electrons. The second-order valence-corrected chi connectivity index (χ2v) is 6.18. The van der Waals surface area contributed by atoms with Crippen molar-refractivity contribution in [2.45, 2.75) is 39.7 Å². The third-order valence-corrected chi connectivity index (χ3v) is 4.10. The van der Waals surface area contributed by atoms with Crippen molar-refractivity contribution in [1.82, 2.24) is 25.4 Å². The zero-order valence-electron chi connectivity index (χ0n) is 16.9. The molecule has 156 valence electrons. The molecule has 0 spiro atoms. The maximum Gasteiger partial charge on any atom is 0.191 e. The summed E-state index contributed by atoms with van der Waals surface area (Å²) in [6.45, 7) is 8.83. The minimum Gasteiger partial charge on any atom is -0.381 e. The molecule has 0 bridgehead atoms. The van der Waals surface area contributed by atoms with Crippen molar-refractivity contribution in [3.8, 4) is 0 Å². The molecule has 2 aromatic rings. The molecule has 8 heteroatoms. The van der Waals surface area contributed by atoms with Gasteiger partial charge in [-0.25, -0.2) is 0 Å². The van der Waals surface area contributed by atoms with Crippen LogP contribution in [0, 0.1) is 0 Å². The summed E-state index contributed by atoms with van der Waals surface area (Å²) >= 11 is 0. The monoisotopic (exact) mass is 500 g/mol. The molecule has 0 saturated heterocycles. The quantitative estimate of drug-likeness (QED) is 0.203. The minimum atomic E-state index is 0. The minimum absolute atomic E-state index is 0. The molecule has 0 unspecified atom stereocenters. The van der Waals surface area contributed by atoms with E-state index in [-0.39, 0.29) is 24.0 Å². The van der Waals surface area contributed by atoms with Crippen molar-refractivity contribution < 1.29 is 4.74 Å². The first-order valence-electron chi connectivity index (χ1n) is 9.84. The number of aliphatic imine (C=N–C) groups is 1. The topological polar surface area (TPSA) is 76.4 Å². The summed E-state index contributed by atoms with van der Waals surface area (Å²) in [7, 11) is 0. The molecular weight excluding hydrogens is 467 g/mol. The number of nitrogens with one attached hydrogen (secondary N) is 2. The van der Waals surface area contributed by atoms with Crippen LogP contribution in [0.15, 0.2) is 41.7 Å². The van der Waals surface area contributed by atoms with Crippen LogP contribution in [0.3, 0.4) is 0 Å². The number of halogens is 1. The van der Waals surface area contributed by atoms with Crippen LogP contribution >= 0.6 is 24.0 Å². The molecule has 0 atom stereocenters. The van der Waals surface area contributed by atoms with E-state index in [1.807, 2.05) is 6.07 Å². The molecule has 7 nitrogen and oxygen atoms in total. The smallest absolute Gasteiger partial charge is 0.191 e. The lowest BCUT2D eigenvalue weighted by Gasteiger charge is -2.12. The van der Waals surface area contributed by atoms with Crippen LogP contribution in [0.1, 0.15) is 31.7 Å². The average Bonchev–Trinajstić information content (AvgIpc) is 3.15. The Morgan fingerprint density at radius 2 is 1.96 bits per heavy atom. The Bertz CT molecular complexity index is 662. The number of benzene rings is 1. The highest BCUT2D eigenvalue weighted by molar-refractivity contribution is 14.0. The van der Waals surface area contributed by atoms with E-state index in [2.05, 4.69) is 68.5 Å². The van der Waals surface area contributed by atoms with Gasteiger partial charge in [0.05, 0.1) is 6.61 Å². The largest absolute Gasteiger partial charge is 0.381 e. The number of rotatable bonds is 12. The number of aryl methyl sites for hydroxylation is 1. The van der Waals surface area contributed by atoms with E-state index in [1.54, 1.807) is 6.33 Å². The van der Waals surface area contributed by atoms with E-state index in [1.165, 1.54) is 5.56 Å². The van der Waals surface area contributed by atoms with Crippen molar-refractivity contribution in [1.29, 1.82) is 0 Å². The fourth-order valence-corrected chi connectivity index (χ4v) is 2.67. The normalized spacial score (nSPS) is 11.1. The van der Waals surface area contributed by atoms with Crippen LogP contribution in [-0.4, -0.2) is 53.6 Å². The molecule has 28 heavy (non-hydrogen) atoms. The Balaban J connectivity index is 0.00000392. The van der Waals surface area contributed by atoms with Crippen molar-refractivity contribution in [3.63, 3.8) is 0 Å². The van der Waals surface area contributed by atoms with Crippen molar-refractivity contribution >= 4 is 29.9 Å². The van der Waals surface area contributed by atoms with Crippen LogP contribution < -0.4 is 10.6 Å². The Morgan fingerprint density at radius 3 is 2.71 bits per heavy atom. The van der Waals surface area contributed by atoms with Crippen molar-refractivity contribution in [3.05, 3.63) is 48.0 Å². The van der Waals surface area contributed by atoms with Gasteiger partial charge >= 0.3 is 0 Å². The zero-order valence-corrected chi connectivity index (χ0v) is 19.3. The average molecular weight is 500 g/mol. The van der Waals surface area contributed by atoms with Crippen LogP contribution in [0.25, 0.3) is 0 Å². The Labute approximate surface area is 185 Å². The molecule has 0 fully saturated rings. The summed E-state index contributed by atoms with van der Waals surface area (Å²) in [4.78, 5) is 4.60. The van der Waals surface area contributed by atoms with Gasteiger partial charge in [-0.2, -0.15) is 0 Å². The lowest BCUT2D eigenvalue weighted by Crippen LogP contribution is -2.39. The molecule has 1 aromatic carbocycles. The number of hydrogen-bond donors (Lipinski definition) is 2. The lowest BCUT2D eigenvalue weighted by atomic mass is 10.2. The van der Waals surface area contributed by atoms with E-state index in [9.17, 15) is 0 Å². The molecule has 2 N–H and O–H groups in total. The van der Waals surface area contributed by atoms with Crippen molar-refractivity contribution in [2.24, 2.45) is 4.99 Å². The fraction of sp³-hybridized carbons (Fsp3) is 0.550. The van der Waals surface area contributed by atoms with E-state index in [4.69, 9.17) is 4.74 Å². The van der Waals surface area contributed by atoms with Crippen LogP contribution in [0.2, 0.25) is 0 Å². The first-order valence-corrected chi connectivity index (χ1v) is 9.84. The van der Waals surface area contributed by atoms with E-state index in [0.717, 1.165) is 70.4 Å². The van der Waals surface area contributed by atoms with Gasteiger partial charge in [0.2, 0.25) is 0 Å². The van der Waals surface area contributed by atoms with Crippen LogP contribution in [0.4, 0.5) is 0 Å². The molecule has 1 aromatic heterocycles. The molecule has 2 rings (SSSR count). The van der Waals surface area contributed by atoms with Gasteiger partial charge in [0.1, 0.15) is 12.2 Å². The van der Waals surface area contributed by atoms with Gasteiger partial charge in [-0.1, -0.05) is 37.3 Å². The van der Waals surface area contributed by atoms with Gasteiger partial charge in [0, 0.05) is 39.2 Å². The summed E-state index contributed by atoms with van der Waals surface area (Å²) in [5.41, 5.74) is 1.31. The Morgan fingerprint density at radius 1 is 1.14 bits per heavy atom. The third-order valence-electron chi connectivity index (χ3n) is 4.10. The number of ether oxygens (including phenoxy) is 1. The van der Waals surface area contributed by atoms with Gasteiger partial charge in [0.15, 0.2) is 5.96 Å². The summed E-state index contributed by atoms with van der Waals surface area (Å²) < 4.78 is 7.77. The first-order chi connectivity index (χ1) is 13.3. The highest BCUT2D eigenvalue weighted by Gasteiger charge is 2.02. The fourth-order valence-electron chi connectivity index (χ4n) is 2.67. The summed E-state index contributed by atoms with van der Waals surface area (Å²) in [6, 6.07) is 10.4. The third kappa shape index (κ3) is 9.50. The van der Waals surface area contributed by atoms with E-state index < -0.39 is 0 Å². The predicted octanol–water partition coefficient (Wildman–Crippen LogP) is 2.66. The Hall–Kier alpha value is -1.68. The molecule has 0 amide bonds. The first kappa shape index (κ1) is 24.4. The zero-order chi connectivity index (χ0) is 19.2. The van der Waals surface area contributed by atoms with Gasteiger partial charge in [-0.15, -0.1) is 34.2 Å². The number of hydrogen-bond acceptors (Lipinski definition) is 4. The molecule has 0 saturated carbocycles. The second kappa shape index (κ2) is 15.3. The van der Waals surface area contributed by atoms with Gasteiger partial charge in [-0.05, 0) is 25.3 Å². The second-order valence-electron chi connectivity index (χ2n) is 6.18. The molecule has 0 aliphatic heterocycles. The highest BCUT2D eigenvalue weighted by Crippen LogP contribution is 1.99.